The van der Waals surface area contributed by atoms with Crippen molar-refractivity contribution in [2.24, 2.45) is 0 Å². The van der Waals surface area contributed by atoms with Crippen LogP contribution in [0.25, 0.3) is 17.4 Å². The molecule has 0 spiro atoms. The zero-order valence-electron chi connectivity index (χ0n) is 16.0. The second-order valence-electron chi connectivity index (χ2n) is 6.84. The van der Waals surface area contributed by atoms with E-state index in [2.05, 4.69) is 0 Å². The van der Waals surface area contributed by atoms with Crippen molar-refractivity contribution in [3.63, 3.8) is 0 Å². The smallest absolute Gasteiger partial charge is 0.335 e. The summed E-state index contributed by atoms with van der Waals surface area (Å²) in [5.41, 5.74) is 2.86. The Kier molecular flexibility index (Phi) is 5.29. The average Bonchev–Trinajstić information content (AvgIpc) is 3.29. The summed E-state index contributed by atoms with van der Waals surface area (Å²) in [5, 5.41) is 8.67. The fourth-order valence-electron chi connectivity index (χ4n) is 3.12. The molecule has 1 aliphatic rings. The first-order valence-corrected chi connectivity index (χ1v) is 9.97. The monoisotopic (exact) mass is 419 g/mol. The Labute approximate surface area is 176 Å². The number of nitrogens with zero attached hydrogens (tertiary/aromatic N) is 1. The van der Waals surface area contributed by atoms with E-state index in [9.17, 15) is 14.4 Å². The van der Waals surface area contributed by atoms with Gasteiger partial charge in [0.15, 0.2) is 0 Å². The van der Waals surface area contributed by atoms with Crippen molar-refractivity contribution in [3.8, 4) is 11.3 Å². The van der Waals surface area contributed by atoms with Crippen LogP contribution < -0.4 is 0 Å². The molecular formula is C23H17NO5S. The van der Waals surface area contributed by atoms with Crippen LogP contribution in [0.4, 0.5) is 4.79 Å². The largest absolute Gasteiger partial charge is 0.478 e. The number of aromatic carboxylic acids is 1. The van der Waals surface area contributed by atoms with Gasteiger partial charge in [-0.1, -0.05) is 42.0 Å². The summed E-state index contributed by atoms with van der Waals surface area (Å²) in [6, 6.07) is 17.4. The Balaban J connectivity index is 1.52. The number of carboxylic acids is 1. The summed E-state index contributed by atoms with van der Waals surface area (Å²) in [4.78, 5) is 37.5. The first kappa shape index (κ1) is 19.7. The SMILES string of the molecule is Cc1cccc(CN2C(=O)S/C(=C\c3ccc(-c4ccc(C(=O)O)cc4)o3)C2=O)c1. The lowest BCUT2D eigenvalue weighted by Gasteiger charge is -2.12. The normalized spacial score (nSPS) is 15.2. The lowest BCUT2D eigenvalue weighted by Crippen LogP contribution is -2.27. The number of furan rings is 1. The predicted molar refractivity (Wildman–Crippen MR) is 114 cm³/mol. The Morgan fingerprint density at radius 2 is 1.87 bits per heavy atom. The highest BCUT2D eigenvalue weighted by molar-refractivity contribution is 8.18. The second kappa shape index (κ2) is 8.04. The van der Waals surface area contributed by atoms with Gasteiger partial charge in [0.2, 0.25) is 0 Å². The molecule has 1 aliphatic heterocycles. The molecule has 7 heteroatoms. The van der Waals surface area contributed by atoms with Crippen molar-refractivity contribution < 1.29 is 23.9 Å². The van der Waals surface area contributed by atoms with Gasteiger partial charge < -0.3 is 9.52 Å². The lowest BCUT2D eigenvalue weighted by atomic mass is 10.1. The van der Waals surface area contributed by atoms with E-state index in [0.717, 1.165) is 22.9 Å². The highest BCUT2D eigenvalue weighted by Gasteiger charge is 2.35. The molecule has 0 saturated carbocycles. The maximum Gasteiger partial charge on any atom is 0.335 e. The molecule has 1 N–H and O–H groups in total. The number of carbonyl (C=O) groups excluding carboxylic acids is 2. The molecular weight excluding hydrogens is 402 g/mol. The zero-order valence-corrected chi connectivity index (χ0v) is 16.8. The van der Waals surface area contributed by atoms with Gasteiger partial charge in [-0.05, 0) is 48.5 Å². The number of aryl methyl sites for hydroxylation is 1. The average molecular weight is 419 g/mol. The number of benzene rings is 2. The van der Waals surface area contributed by atoms with E-state index in [1.165, 1.54) is 17.0 Å². The number of hydrogen-bond acceptors (Lipinski definition) is 5. The predicted octanol–water partition coefficient (Wildman–Crippen LogP) is 5.19. The molecule has 1 aromatic heterocycles. The Bertz CT molecular complexity index is 1180. The first-order chi connectivity index (χ1) is 14.4. The van der Waals surface area contributed by atoms with Crippen LogP contribution in [0.15, 0.2) is 70.0 Å². The molecule has 4 rings (SSSR count). The van der Waals surface area contributed by atoms with Gasteiger partial charge in [0, 0.05) is 11.6 Å². The highest BCUT2D eigenvalue weighted by atomic mass is 32.2. The van der Waals surface area contributed by atoms with Gasteiger partial charge in [0.05, 0.1) is 17.0 Å². The van der Waals surface area contributed by atoms with Crippen LogP contribution in [-0.2, 0) is 11.3 Å². The highest BCUT2D eigenvalue weighted by Crippen LogP contribution is 2.34. The standard InChI is InChI=1S/C23H17NO5S/c1-14-3-2-4-15(11-14)13-24-21(25)20(30-23(24)28)12-18-9-10-19(29-18)16-5-7-17(8-6-16)22(26)27/h2-12H,13H2,1H3,(H,26,27)/b20-12-. The topological polar surface area (TPSA) is 87.8 Å². The third kappa shape index (κ3) is 4.06. The van der Waals surface area contributed by atoms with Crippen LogP contribution in [0.2, 0.25) is 0 Å². The molecule has 0 radical (unpaired) electrons. The molecule has 150 valence electrons. The van der Waals surface area contributed by atoms with Crippen LogP contribution >= 0.6 is 11.8 Å². The van der Waals surface area contributed by atoms with Crippen LogP contribution in [0, 0.1) is 6.92 Å². The minimum absolute atomic E-state index is 0.188. The number of rotatable bonds is 5. The molecule has 2 amide bonds. The van der Waals surface area contributed by atoms with Gasteiger partial charge in [-0.15, -0.1) is 0 Å². The van der Waals surface area contributed by atoms with E-state index in [-0.39, 0.29) is 23.3 Å². The van der Waals surface area contributed by atoms with Crippen molar-refractivity contribution in [3.05, 3.63) is 88.0 Å². The van der Waals surface area contributed by atoms with Gasteiger partial charge >= 0.3 is 5.97 Å². The van der Waals surface area contributed by atoms with Gasteiger partial charge in [0.25, 0.3) is 11.1 Å². The molecule has 2 heterocycles. The molecule has 0 unspecified atom stereocenters. The van der Waals surface area contributed by atoms with Crippen molar-refractivity contribution >= 4 is 35.0 Å². The van der Waals surface area contributed by atoms with Gasteiger partial charge in [0.1, 0.15) is 11.5 Å². The van der Waals surface area contributed by atoms with Crippen LogP contribution in [-0.4, -0.2) is 27.1 Å². The molecule has 1 saturated heterocycles. The first-order valence-electron chi connectivity index (χ1n) is 9.15. The fourth-order valence-corrected chi connectivity index (χ4v) is 3.94. The molecule has 30 heavy (non-hydrogen) atoms. The molecule has 0 aliphatic carbocycles. The molecule has 3 aromatic rings. The van der Waals surface area contributed by atoms with Crippen LogP contribution in [0.1, 0.15) is 27.2 Å². The quantitative estimate of drug-likeness (QED) is 0.573. The maximum atomic E-state index is 12.7. The minimum atomic E-state index is -0.997. The molecule has 1 fully saturated rings. The third-order valence-electron chi connectivity index (χ3n) is 4.61. The summed E-state index contributed by atoms with van der Waals surface area (Å²) in [7, 11) is 0. The molecule has 2 aromatic carbocycles. The van der Waals surface area contributed by atoms with E-state index in [4.69, 9.17) is 9.52 Å². The maximum absolute atomic E-state index is 12.7. The number of thioether (sulfide) groups is 1. The summed E-state index contributed by atoms with van der Waals surface area (Å²) in [5.74, 6) is -0.371. The minimum Gasteiger partial charge on any atom is -0.478 e. The Hall–Kier alpha value is -3.58. The van der Waals surface area contributed by atoms with Crippen molar-refractivity contribution in [2.45, 2.75) is 13.5 Å². The zero-order chi connectivity index (χ0) is 21.3. The van der Waals surface area contributed by atoms with Crippen molar-refractivity contribution in [1.29, 1.82) is 0 Å². The number of hydrogen-bond donors (Lipinski definition) is 1. The van der Waals surface area contributed by atoms with E-state index >= 15 is 0 Å². The lowest BCUT2D eigenvalue weighted by molar-refractivity contribution is -0.123. The summed E-state index contributed by atoms with van der Waals surface area (Å²) < 4.78 is 5.77. The van der Waals surface area contributed by atoms with E-state index < -0.39 is 5.97 Å². The molecule has 0 atom stereocenters. The van der Waals surface area contributed by atoms with E-state index in [0.29, 0.717) is 22.0 Å². The number of carboxylic acid groups (broad SMARTS) is 1. The summed E-state index contributed by atoms with van der Waals surface area (Å²) >= 11 is 0.884. The fraction of sp³-hybridized carbons (Fsp3) is 0.0870. The van der Waals surface area contributed by atoms with Gasteiger partial charge in [-0.3, -0.25) is 14.5 Å². The molecule has 6 nitrogen and oxygen atoms in total. The van der Waals surface area contributed by atoms with E-state index in [1.54, 1.807) is 30.3 Å². The second-order valence-corrected chi connectivity index (χ2v) is 7.83. The number of carbonyl (C=O) groups is 3. The van der Waals surface area contributed by atoms with Crippen LogP contribution in [0.5, 0.6) is 0 Å². The Morgan fingerprint density at radius 1 is 1.10 bits per heavy atom. The van der Waals surface area contributed by atoms with Gasteiger partial charge in [-0.2, -0.15) is 0 Å². The van der Waals surface area contributed by atoms with Crippen molar-refractivity contribution in [1.82, 2.24) is 4.90 Å². The van der Waals surface area contributed by atoms with E-state index in [1.807, 2.05) is 31.2 Å². The van der Waals surface area contributed by atoms with Crippen LogP contribution in [0.3, 0.4) is 0 Å². The van der Waals surface area contributed by atoms with Crippen molar-refractivity contribution in [2.75, 3.05) is 0 Å². The summed E-state index contributed by atoms with van der Waals surface area (Å²) in [6.45, 7) is 2.18. The number of imide groups is 1. The molecule has 0 bridgehead atoms. The Morgan fingerprint density at radius 3 is 2.57 bits per heavy atom. The third-order valence-corrected chi connectivity index (χ3v) is 5.52. The van der Waals surface area contributed by atoms with Gasteiger partial charge in [-0.25, -0.2) is 4.79 Å². The number of amides is 2. The summed E-state index contributed by atoms with van der Waals surface area (Å²) in [6.07, 6.45) is 1.55.